The lowest BCUT2D eigenvalue weighted by molar-refractivity contribution is -0.387. The summed E-state index contributed by atoms with van der Waals surface area (Å²) in [5, 5.41) is 11.2. The Hall–Kier alpha value is -2.58. The number of pyridine rings is 1. The van der Waals surface area contributed by atoms with E-state index >= 15 is 0 Å². The van der Waals surface area contributed by atoms with Gasteiger partial charge in [-0.15, -0.1) is 0 Å². The minimum absolute atomic E-state index is 0.0745. The number of nitro groups is 1. The van der Waals surface area contributed by atoms with Crippen molar-refractivity contribution in [2.45, 2.75) is 45.3 Å². The van der Waals surface area contributed by atoms with Crippen LogP contribution in [0.4, 0.5) is 10.5 Å². The molecule has 0 bridgehead atoms. The quantitative estimate of drug-likeness (QED) is 0.592. The molecule has 1 fully saturated rings. The van der Waals surface area contributed by atoms with E-state index in [-0.39, 0.29) is 30.0 Å². The molecule has 1 amide bonds. The fraction of sp³-hybridized carbons (Fsp3) is 0.625. The van der Waals surface area contributed by atoms with Crippen molar-refractivity contribution in [2.24, 2.45) is 0 Å². The second-order valence-electron chi connectivity index (χ2n) is 6.70. The van der Waals surface area contributed by atoms with E-state index in [1.807, 2.05) is 0 Å². The standard InChI is InChI=1S/C16H23N3O6/c1-16(2,3)25-15(20)18-9-5-6-11(18)10-24-14-13(19(21)22)12(23-4)7-8-17-14/h7-8,11H,5-6,9-10H2,1-4H3. The van der Waals surface area contributed by atoms with Crippen molar-refractivity contribution < 1.29 is 23.9 Å². The second kappa shape index (κ2) is 7.54. The Morgan fingerprint density at radius 3 is 2.80 bits per heavy atom. The number of ether oxygens (including phenoxy) is 3. The van der Waals surface area contributed by atoms with E-state index in [2.05, 4.69) is 4.98 Å². The highest BCUT2D eigenvalue weighted by atomic mass is 16.6. The Balaban J connectivity index is 2.08. The van der Waals surface area contributed by atoms with Gasteiger partial charge in [0, 0.05) is 18.8 Å². The molecule has 0 aromatic carbocycles. The van der Waals surface area contributed by atoms with Crippen molar-refractivity contribution in [3.05, 3.63) is 22.4 Å². The minimum Gasteiger partial charge on any atom is -0.490 e. The molecule has 0 aliphatic carbocycles. The van der Waals surface area contributed by atoms with Crippen molar-refractivity contribution in [3.63, 3.8) is 0 Å². The number of aromatic nitrogens is 1. The summed E-state index contributed by atoms with van der Waals surface area (Å²) in [7, 11) is 1.34. The minimum atomic E-state index is -0.596. The smallest absolute Gasteiger partial charge is 0.410 e. The molecule has 1 aromatic heterocycles. The summed E-state index contributed by atoms with van der Waals surface area (Å²) >= 11 is 0. The molecule has 1 atom stereocenters. The number of likely N-dealkylation sites (tertiary alicyclic amines) is 1. The van der Waals surface area contributed by atoms with Crippen LogP contribution in [-0.2, 0) is 4.74 Å². The zero-order valence-electron chi connectivity index (χ0n) is 14.9. The molecule has 1 aliphatic heterocycles. The van der Waals surface area contributed by atoms with Crippen LogP contribution in [-0.4, -0.2) is 52.8 Å². The van der Waals surface area contributed by atoms with Gasteiger partial charge in [0.05, 0.1) is 18.1 Å². The fourth-order valence-electron chi connectivity index (χ4n) is 2.60. The monoisotopic (exact) mass is 353 g/mol. The van der Waals surface area contributed by atoms with Crippen LogP contribution in [0.1, 0.15) is 33.6 Å². The second-order valence-corrected chi connectivity index (χ2v) is 6.70. The van der Waals surface area contributed by atoms with Crippen molar-refractivity contribution in [1.82, 2.24) is 9.88 Å². The molecule has 0 radical (unpaired) electrons. The van der Waals surface area contributed by atoms with Crippen molar-refractivity contribution >= 4 is 11.8 Å². The maximum Gasteiger partial charge on any atom is 0.410 e. The van der Waals surface area contributed by atoms with E-state index in [1.54, 1.807) is 25.7 Å². The van der Waals surface area contributed by atoms with Gasteiger partial charge in [-0.1, -0.05) is 0 Å². The summed E-state index contributed by atoms with van der Waals surface area (Å²) in [6.45, 7) is 6.07. The van der Waals surface area contributed by atoms with E-state index in [4.69, 9.17) is 14.2 Å². The van der Waals surface area contributed by atoms with Gasteiger partial charge < -0.3 is 19.1 Å². The fourth-order valence-corrected chi connectivity index (χ4v) is 2.60. The number of carbonyl (C=O) groups is 1. The number of hydrogen-bond donors (Lipinski definition) is 0. The number of amides is 1. The van der Waals surface area contributed by atoms with E-state index < -0.39 is 16.6 Å². The van der Waals surface area contributed by atoms with Crippen molar-refractivity contribution in [3.8, 4) is 11.6 Å². The highest BCUT2D eigenvalue weighted by Gasteiger charge is 2.33. The summed E-state index contributed by atoms with van der Waals surface area (Å²) in [5.74, 6) is -0.0502. The first-order chi connectivity index (χ1) is 11.7. The van der Waals surface area contributed by atoms with Crippen molar-refractivity contribution in [1.29, 1.82) is 0 Å². The van der Waals surface area contributed by atoms with Crippen LogP contribution in [0.25, 0.3) is 0 Å². The Labute approximate surface area is 146 Å². The third-order valence-corrected chi connectivity index (χ3v) is 3.67. The summed E-state index contributed by atoms with van der Waals surface area (Å²) in [6, 6.07) is 1.18. The summed E-state index contributed by atoms with van der Waals surface area (Å²) in [6.07, 6.45) is 2.52. The van der Waals surface area contributed by atoms with Gasteiger partial charge in [-0.2, -0.15) is 0 Å². The molecule has 0 spiro atoms. The maximum atomic E-state index is 12.3. The van der Waals surface area contributed by atoms with Gasteiger partial charge in [-0.3, -0.25) is 10.1 Å². The lowest BCUT2D eigenvalue weighted by Crippen LogP contribution is -2.42. The molecular weight excluding hydrogens is 330 g/mol. The first-order valence-corrected chi connectivity index (χ1v) is 8.02. The molecule has 25 heavy (non-hydrogen) atoms. The number of nitrogens with zero attached hydrogens (tertiary/aromatic N) is 3. The third-order valence-electron chi connectivity index (χ3n) is 3.67. The van der Waals surface area contributed by atoms with Gasteiger partial charge in [0.1, 0.15) is 12.2 Å². The Bertz CT molecular complexity index is 643. The zero-order valence-corrected chi connectivity index (χ0v) is 14.9. The number of methoxy groups -OCH3 is 1. The van der Waals surface area contributed by atoms with Gasteiger partial charge in [0.2, 0.25) is 5.75 Å². The molecule has 9 heteroatoms. The normalized spacial score (nSPS) is 17.3. The molecule has 1 unspecified atom stereocenters. The van der Waals surface area contributed by atoms with Crippen LogP contribution in [0, 0.1) is 10.1 Å². The lowest BCUT2D eigenvalue weighted by atomic mass is 10.2. The Kier molecular flexibility index (Phi) is 5.66. The van der Waals surface area contributed by atoms with Crippen molar-refractivity contribution in [2.75, 3.05) is 20.3 Å². The molecule has 1 aromatic rings. The Morgan fingerprint density at radius 1 is 1.48 bits per heavy atom. The number of carbonyl (C=O) groups excluding carboxylic acids is 1. The molecule has 9 nitrogen and oxygen atoms in total. The topological polar surface area (TPSA) is 104 Å². The predicted molar refractivity (Wildman–Crippen MR) is 88.9 cm³/mol. The van der Waals surface area contributed by atoms with Gasteiger partial charge in [-0.25, -0.2) is 9.78 Å². The maximum absolute atomic E-state index is 12.3. The van der Waals surface area contributed by atoms with E-state index in [9.17, 15) is 14.9 Å². The van der Waals surface area contributed by atoms with Crippen LogP contribution >= 0.6 is 0 Å². The largest absolute Gasteiger partial charge is 0.490 e. The SMILES string of the molecule is COc1ccnc(OCC2CCCN2C(=O)OC(C)(C)C)c1[N+](=O)[O-]. The van der Waals surface area contributed by atoms with Crippen LogP contribution in [0.15, 0.2) is 12.3 Å². The molecule has 2 heterocycles. The van der Waals surface area contributed by atoms with Crippen LogP contribution < -0.4 is 9.47 Å². The average molecular weight is 353 g/mol. The molecule has 1 aliphatic rings. The molecule has 1 saturated heterocycles. The number of rotatable bonds is 5. The van der Waals surface area contributed by atoms with E-state index in [1.165, 1.54) is 19.4 Å². The van der Waals surface area contributed by atoms with Gasteiger partial charge >= 0.3 is 11.8 Å². The zero-order chi connectivity index (χ0) is 18.6. The first kappa shape index (κ1) is 18.8. The Morgan fingerprint density at radius 2 is 2.20 bits per heavy atom. The first-order valence-electron chi connectivity index (χ1n) is 8.02. The third kappa shape index (κ3) is 4.71. The lowest BCUT2D eigenvalue weighted by Gasteiger charge is -2.28. The summed E-state index contributed by atoms with van der Waals surface area (Å²) < 4.78 is 15.9. The highest BCUT2D eigenvalue weighted by Crippen LogP contribution is 2.34. The van der Waals surface area contributed by atoms with E-state index in [0.717, 1.165) is 12.8 Å². The molecular formula is C16H23N3O6. The molecule has 138 valence electrons. The van der Waals surface area contributed by atoms with Crippen LogP contribution in [0.3, 0.4) is 0 Å². The van der Waals surface area contributed by atoms with Gasteiger partial charge in [-0.05, 0) is 33.6 Å². The number of hydrogen-bond acceptors (Lipinski definition) is 7. The average Bonchev–Trinajstić information content (AvgIpc) is 2.99. The molecule has 0 N–H and O–H groups in total. The van der Waals surface area contributed by atoms with Crippen LogP contribution in [0.2, 0.25) is 0 Å². The van der Waals surface area contributed by atoms with Crippen LogP contribution in [0.5, 0.6) is 11.6 Å². The van der Waals surface area contributed by atoms with Gasteiger partial charge in [0.25, 0.3) is 5.88 Å². The predicted octanol–water partition coefficient (Wildman–Crippen LogP) is 2.78. The van der Waals surface area contributed by atoms with Gasteiger partial charge in [0.15, 0.2) is 0 Å². The summed E-state index contributed by atoms with van der Waals surface area (Å²) in [4.78, 5) is 28.4. The summed E-state index contributed by atoms with van der Waals surface area (Å²) in [5.41, 5.74) is -0.912. The molecule has 2 rings (SSSR count). The van der Waals surface area contributed by atoms with E-state index in [0.29, 0.717) is 6.54 Å². The molecule has 0 saturated carbocycles. The highest BCUT2D eigenvalue weighted by molar-refractivity contribution is 5.69.